The molecule has 9 nitrogen and oxygen atoms in total. The summed E-state index contributed by atoms with van der Waals surface area (Å²) >= 11 is 0. The number of nitrogens with one attached hydrogen (secondary N) is 1. The summed E-state index contributed by atoms with van der Waals surface area (Å²) in [6, 6.07) is 17.4. The van der Waals surface area contributed by atoms with Crippen LogP contribution in [0.1, 0.15) is 43.2 Å². The summed E-state index contributed by atoms with van der Waals surface area (Å²) in [5.74, 6) is -1.72. The van der Waals surface area contributed by atoms with E-state index >= 15 is 0 Å². The smallest absolute Gasteiger partial charge is 0.304 e. The summed E-state index contributed by atoms with van der Waals surface area (Å²) in [5, 5.41) is 12.1. The molecule has 2 atom stereocenters. The Balaban J connectivity index is 1.46. The Bertz CT molecular complexity index is 1050. The highest BCUT2D eigenvalue weighted by Gasteiger charge is 2.39. The van der Waals surface area contributed by atoms with Crippen LogP contribution in [0.5, 0.6) is 0 Å². The lowest BCUT2D eigenvalue weighted by atomic mass is 10.0. The summed E-state index contributed by atoms with van der Waals surface area (Å²) in [7, 11) is 0. The van der Waals surface area contributed by atoms with Crippen molar-refractivity contribution in [3.8, 4) is 0 Å². The number of nitrogens with zero attached hydrogens (tertiary/aromatic N) is 2. The van der Waals surface area contributed by atoms with Crippen molar-refractivity contribution in [2.45, 2.75) is 51.0 Å². The van der Waals surface area contributed by atoms with E-state index in [2.05, 4.69) is 22.4 Å². The fourth-order valence-corrected chi connectivity index (χ4v) is 4.60. The first-order chi connectivity index (χ1) is 17.3. The number of likely N-dealkylation sites (tertiary alicyclic amines) is 1. The maximum Gasteiger partial charge on any atom is 0.304 e. The number of hydrogen-bond acceptors (Lipinski definition) is 4. The molecule has 192 valence electrons. The molecule has 3 rings (SSSR count). The Kier molecular flexibility index (Phi) is 9.85. The Morgan fingerprint density at radius 2 is 1.67 bits per heavy atom. The van der Waals surface area contributed by atoms with Crippen molar-refractivity contribution in [1.29, 1.82) is 0 Å². The number of aliphatic imine (C=N–C) groups is 1. The molecule has 36 heavy (non-hydrogen) atoms. The van der Waals surface area contributed by atoms with E-state index in [4.69, 9.17) is 11.5 Å². The fourth-order valence-electron chi connectivity index (χ4n) is 4.60. The second-order valence-corrected chi connectivity index (χ2v) is 9.17. The van der Waals surface area contributed by atoms with Gasteiger partial charge >= 0.3 is 5.97 Å². The minimum absolute atomic E-state index is 0.00687. The van der Waals surface area contributed by atoms with Crippen molar-refractivity contribution in [2.75, 3.05) is 13.1 Å². The molecule has 1 aliphatic rings. The largest absolute Gasteiger partial charge is 0.481 e. The normalized spacial score (nSPS) is 17.1. The Labute approximate surface area is 211 Å². The zero-order chi connectivity index (χ0) is 25.9. The molecule has 0 spiro atoms. The monoisotopic (exact) mass is 493 g/mol. The molecular weight excluding hydrogens is 458 g/mol. The topological polar surface area (TPSA) is 151 Å². The van der Waals surface area contributed by atoms with Gasteiger partial charge in [0, 0.05) is 25.6 Å². The second kappa shape index (κ2) is 13.3. The maximum atomic E-state index is 12.9. The van der Waals surface area contributed by atoms with E-state index in [0.29, 0.717) is 38.0 Å². The van der Waals surface area contributed by atoms with E-state index in [1.165, 1.54) is 5.56 Å². The van der Waals surface area contributed by atoms with Crippen LogP contribution in [0, 0.1) is 5.92 Å². The quantitative estimate of drug-likeness (QED) is 0.248. The molecule has 6 N–H and O–H groups in total. The zero-order valence-electron chi connectivity index (χ0n) is 20.4. The van der Waals surface area contributed by atoms with E-state index in [0.717, 1.165) is 24.8 Å². The molecule has 0 unspecified atom stereocenters. The number of aliphatic carboxylic acids is 1. The summed E-state index contributed by atoms with van der Waals surface area (Å²) in [5.41, 5.74) is 13.7. The molecule has 1 fully saturated rings. The Morgan fingerprint density at radius 3 is 2.33 bits per heavy atom. The number of rotatable bonds is 13. The number of aryl methyl sites for hydroxylation is 2. The standard InChI is InChI=1S/C27H35N5O4/c28-27(29)31-22-13-11-20(12-14-22)8-4-10-24(33)30-18-23-16-21(17-25(34)35)26(36)32(23)15-5-9-19-6-2-1-3-7-19/h1-3,6-7,11-14,21,23H,4-5,8-10,15-18H2,(H,30,33)(H,34,35)(H4,28,29,31)/t21-,23-/m0/s1. The molecule has 0 saturated carbocycles. The van der Waals surface area contributed by atoms with Gasteiger partial charge in [0.25, 0.3) is 0 Å². The van der Waals surface area contributed by atoms with Gasteiger partial charge in [0.1, 0.15) is 0 Å². The van der Waals surface area contributed by atoms with Gasteiger partial charge in [0.05, 0.1) is 18.0 Å². The summed E-state index contributed by atoms with van der Waals surface area (Å²) in [6.07, 6.45) is 3.66. The lowest BCUT2D eigenvalue weighted by Gasteiger charge is -2.25. The minimum atomic E-state index is -0.978. The summed E-state index contributed by atoms with van der Waals surface area (Å²) in [4.78, 5) is 42.3. The zero-order valence-corrected chi connectivity index (χ0v) is 20.4. The number of carboxylic acid groups (broad SMARTS) is 1. The van der Waals surface area contributed by atoms with E-state index in [9.17, 15) is 19.5 Å². The highest BCUT2D eigenvalue weighted by Crippen LogP contribution is 2.27. The number of hydrogen-bond donors (Lipinski definition) is 4. The molecule has 1 heterocycles. The van der Waals surface area contributed by atoms with Gasteiger partial charge in [-0.2, -0.15) is 0 Å². The SMILES string of the molecule is NC(N)=Nc1ccc(CCCC(=O)NC[C@@H]2C[C@@H](CC(=O)O)C(=O)N2CCCc2ccccc2)cc1. The third-order valence-corrected chi connectivity index (χ3v) is 6.36. The van der Waals surface area contributed by atoms with E-state index < -0.39 is 11.9 Å². The number of guanidine groups is 1. The molecule has 2 aromatic carbocycles. The Morgan fingerprint density at radius 1 is 1.00 bits per heavy atom. The third-order valence-electron chi connectivity index (χ3n) is 6.36. The van der Waals surface area contributed by atoms with E-state index in [1.54, 1.807) is 4.90 Å². The average Bonchev–Trinajstić information content (AvgIpc) is 3.13. The number of carbonyl (C=O) groups is 3. The van der Waals surface area contributed by atoms with Gasteiger partial charge < -0.3 is 26.8 Å². The number of nitrogens with two attached hydrogens (primary N) is 2. The van der Waals surface area contributed by atoms with Crippen molar-refractivity contribution < 1.29 is 19.5 Å². The second-order valence-electron chi connectivity index (χ2n) is 9.17. The molecule has 2 aromatic rings. The lowest BCUT2D eigenvalue weighted by molar-refractivity contribution is -0.142. The predicted molar refractivity (Wildman–Crippen MR) is 138 cm³/mol. The van der Waals surface area contributed by atoms with Gasteiger partial charge in [-0.15, -0.1) is 0 Å². The molecule has 0 aromatic heterocycles. The van der Waals surface area contributed by atoms with Crippen molar-refractivity contribution in [2.24, 2.45) is 22.4 Å². The van der Waals surface area contributed by atoms with E-state index in [1.807, 2.05) is 42.5 Å². The first-order valence-corrected chi connectivity index (χ1v) is 12.3. The Hall–Kier alpha value is -3.88. The highest BCUT2D eigenvalue weighted by molar-refractivity contribution is 5.85. The molecule has 0 aliphatic carbocycles. The van der Waals surface area contributed by atoms with Crippen LogP contribution in [0.2, 0.25) is 0 Å². The summed E-state index contributed by atoms with van der Waals surface area (Å²) < 4.78 is 0. The van der Waals surface area contributed by atoms with E-state index in [-0.39, 0.29) is 30.2 Å². The van der Waals surface area contributed by atoms with Crippen molar-refractivity contribution in [3.05, 3.63) is 65.7 Å². The van der Waals surface area contributed by atoms with Crippen LogP contribution in [0.25, 0.3) is 0 Å². The van der Waals surface area contributed by atoms with Crippen LogP contribution in [0.4, 0.5) is 5.69 Å². The summed E-state index contributed by atoms with van der Waals surface area (Å²) in [6.45, 7) is 0.874. The van der Waals surface area contributed by atoms with Gasteiger partial charge in [0.2, 0.25) is 11.8 Å². The maximum absolute atomic E-state index is 12.9. The number of carbonyl (C=O) groups excluding carboxylic acids is 2. The minimum Gasteiger partial charge on any atom is -0.481 e. The molecular formula is C27H35N5O4. The van der Waals surface area contributed by atoms with Crippen molar-refractivity contribution >= 4 is 29.4 Å². The van der Waals surface area contributed by atoms with Crippen LogP contribution < -0.4 is 16.8 Å². The van der Waals surface area contributed by atoms with Gasteiger partial charge in [-0.25, -0.2) is 4.99 Å². The third kappa shape index (κ3) is 8.41. The average molecular weight is 494 g/mol. The molecule has 1 aliphatic heterocycles. The number of benzene rings is 2. The van der Waals surface area contributed by atoms with Crippen LogP contribution >= 0.6 is 0 Å². The highest BCUT2D eigenvalue weighted by atomic mass is 16.4. The fraction of sp³-hybridized carbons (Fsp3) is 0.407. The first-order valence-electron chi connectivity index (χ1n) is 12.3. The first kappa shape index (κ1) is 26.7. The van der Waals surface area contributed by atoms with Crippen LogP contribution in [0.15, 0.2) is 59.6 Å². The molecule has 1 saturated heterocycles. The number of carboxylic acids is 1. The van der Waals surface area contributed by atoms with Crippen LogP contribution in [-0.4, -0.2) is 52.9 Å². The van der Waals surface area contributed by atoms with Crippen molar-refractivity contribution in [1.82, 2.24) is 10.2 Å². The van der Waals surface area contributed by atoms with Crippen LogP contribution in [-0.2, 0) is 27.2 Å². The number of amides is 2. The molecule has 0 bridgehead atoms. The van der Waals surface area contributed by atoms with Crippen LogP contribution in [0.3, 0.4) is 0 Å². The van der Waals surface area contributed by atoms with Gasteiger partial charge in [-0.3, -0.25) is 14.4 Å². The predicted octanol–water partition coefficient (Wildman–Crippen LogP) is 2.36. The van der Waals surface area contributed by atoms with Gasteiger partial charge in [-0.05, 0) is 55.4 Å². The molecule has 9 heteroatoms. The van der Waals surface area contributed by atoms with Gasteiger partial charge in [0.15, 0.2) is 5.96 Å². The van der Waals surface area contributed by atoms with Crippen molar-refractivity contribution in [3.63, 3.8) is 0 Å². The molecule has 0 radical (unpaired) electrons. The van der Waals surface area contributed by atoms with Gasteiger partial charge in [-0.1, -0.05) is 42.5 Å². The lowest BCUT2D eigenvalue weighted by Crippen LogP contribution is -2.42. The molecule has 2 amide bonds.